The first-order chi connectivity index (χ1) is 18.5. The fourth-order valence-electron chi connectivity index (χ4n) is 3.94. The monoisotopic (exact) mass is 518 g/mol. The molecule has 0 aliphatic carbocycles. The summed E-state index contributed by atoms with van der Waals surface area (Å²) in [6, 6.07) is 16.8. The molecule has 196 valence electrons. The molecule has 4 aromatic rings. The number of nitrogens with zero attached hydrogens (tertiary/aromatic N) is 3. The lowest BCUT2D eigenvalue weighted by Gasteiger charge is -2.36. The Labute approximate surface area is 218 Å². The Morgan fingerprint density at radius 3 is 2.58 bits per heavy atom. The van der Waals surface area contributed by atoms with E-state index in [9.17, 15) is 9.18 Å². The largest absolute Gasteiger partial charge is 0.424 e. The van der Waals surface area contributed by atoms with E-state index in [4.69, 9.17) is 24.9 Å². The minimum Gasteiger partial charge on any atom is -0.424 e. The van der Waals surface area contributed by atoms with Gasteiger partial charge in [-0.3, -0.25) is 4.79 Å². The minimum absolute atomic E-state index is 0.0796. The molecule has 1 aliphatic rings. The third-order valence-corrected chi connectivity index (χ3v) is 5.85. The van der Waals surface area contributed by atoms with Crippen LogP contribution >= 0.6 is 0 Å². The molecule has 10 nitrogen and oxygen atoms in total. The highest BCUT2D eigenvalue weighted by molar-refractivity contribution is 5.86. The number of para-hydroxylation sites is 1. The van der Waals surface area contributed by atoms with Gasteiger partial charge in [0.25, 0.3) is 5.91 Å². The van der Waals surface area contributed by atoms with Crippen LogP contribution in [0.4, 0.5) is 4.39 Å². The van der Waals surface area contributed by atoms with Gasteiger partial charge in [-0.05, 0) is 42.5 Å². The van der Waals surface area contributed by atoms with Crippen molar-refractivity contribution >= 4 is 5.91 Å². The van der Waals surface area contributed by atoms with Crippen LogP contribution in [0.25, 0.3) is 22.6 Å². The van der Waals surface area contributed by atoms with Crippen LogP contribution in [0.5, 0.6) is 11.8 Å². The van der Waals surface area contributed by atoms with E-state index in [2.05, 4.69) is 20.3 Å². The Bertz CT molecular complexity index is 1390. The Balaban J connectivity index is 1.60. The third kappa shape index (κ3) is 5.25. The van der Waals surface area contributed by atoms with Gasteiger partial charge in [-0.1, -0.05) is 25.1 Å². The topological polar surface area (TPSA) is 137 Å². The molecule has 1 amide bonds. The van der Waals surface area contributed by atoms with Gasteiger partial charge in [-0.15, -0.1) is 0 Å². The average molecular weight is 519 g/mol. The van der Waals surface area contributed by atoms with Crippen LogP contribution in [-0.2, 0) is 20.1 Å². The molecule has 5 rings (SSSR count). The predicted molar refractivity (Wildman–Crippen MR) is 136 cm³/mol. The van der Waals surface area contributed by atoms with Crippen molar-refractivity contribution in [1.29, 1.82) is 0 Å². The van der Waals surface area contributed by atoms with Crippen molar-refractivity contribution in [2.75, 3.05) is 26.3 Å². The van der Waals surface area contributed by atoms with Crippen molar-refractivity contribution < 1.29 is 23.4 Å². The zero-order chi connectivity index (χ0) is 26.5. The number of amides is 1. The zero-order valence-corrected chi connectivity index (χ0v) is 20.7. The molecule has 1 aliphatic heterocycles. The van der Waals surface area contributed by atoms with Crippen LogP contribution in [-0.4, -0.2) is 52.1 Å². The molecule has 1 saturated heterocycles. The van der Waals surface area contributed by atoms with E-state index >= 15 is 0 Å². The molecule has 0 spiro atoms. The summed E-state index contributed by atoms with van der Waals surface area (Å²) in [6.07, 6.45) is 1.55. The molecule has 2 aromatic carbocycles. The molecule has 0 atom stereocenters. The number of H-pyrrole nitrogens is 1. The molecular formula is C27H27FN6O4. The quantitative estimate of drug-likeness (QED) is 0.323. The lowest BCUT2D eigenvalue weighted by Crippen LogP contribution is -2.53. The van der Waals surface area contributed by atoms with Crippen LogP contribution in [0.1, 0.15) is 12.7 Å². The summed E-state index contributed by atoms with van der Waals surface area (Å²) in [5.74, 6) is -1.98. The highest BCUT2D eigenvalue weighted by atomic mass is 19.1. The molecule has 1 fully saturated rings. The maximum Gasteiger partial charge on any atom is 0.322 e. The highest BCUT2D eigenvalue weighted by Gasteiger charge is 2.49. The molecule has 11 heteroatoms. The van der Waals surface area contributed by atoms with Crippen molar-refractivity contribution in [3.8, 4) is 34.4 Å². The van der Waals surface area contributed by atoms with E-state index in [0.29, 0.717) is 28.4 Å². The van der Waals surface area contributed by atoms with Gasteiger partial charge in [-0.2, -0.15) is 4.98 Å². The van der Waals surface area contributed by atoms with E-state index in [0.717, 1.165) is 0 Å². The molecule has 3 heterocycles. The van der Waals surface area contributed by atoms with Gasteiger partial charge in [0.2, 0.25) is 0 Å². The van der Waals surface area contributed by atoms with Crippen LogP contribution < -0.4 is 15.8 Å². The molecule has 2 aromatic heterocycles. The van der Waals surface area contributed by atoms with Gasteiger partial charge in [0.1, 0.15) is 11.6 Å². The summed E-state index contributed by atoms with van der Waals surface area (Å²) in [5, 5.41) is 2.74. The molecule has 38 heavy (non-hydrogen) atoms. The second-order valence-electron chi connectivity index (χ2n) is 8.84. The molecular weight excluding hydrogens is 491 g/mol. The number of rotatable bonds is 8. The summed E-state index contributed by atoms with van der Waals surface area (Å²) >= 11 is 0. The van der Waals surface area contributed by atoms with E-state index in [1.807, 2.05) is 25.1 Å². The van der Waals surface area contributed by atoms with Gasteiger partial charge < -0.3 is 30.2 Å². The van der Waals surface area contributed by atoms with Crippen molar-refractivity contribution in [2.24, 2.45) is 11.7 Å². The second-order valence-corrected chi connectivity index (χ2v) is 8.84. The second kappa shape index (κ2) is 11.1. The van der Waals surface area contributed by atoms with Gasteiger partial charge >= 0.3 is 11.8 Å². The highest BCUT2D eigenvalue weighted by Crippen LogP contribution is 2.37. The van der Waals surface area contributed by atoms with Crippen LogP contribution in [0.15, 0.2) is 66.9 Å². The standard InChI is InChI=1S/C27H27FN6O4/c1-17-15-36-27(37-16-17,25(35)30-14-12-29)24-33-22(18-7-9-19(28)10-8-18)23(34-24)21-11-13-31-26(32-21)38-20-5-3-2-4-6-20/h2-11,13,17H,12,14-16,29H2,1H3,(H,30,35)(H,33,34). The van der Waals surface area contributed by atoms with E-state index in [-0.39, 0.29) is 44.1 Å². The van der Waals surface area contributed by atoms with Gasteiger partial charge in [0.15, 0.2) is 5.82 Å². The Morgan fingerprint density at radius 1 is 1.13 bits per heavy atom. The Kier molecular flexibility index (Phi) is 7.40. The summed E-state index contributed by atoms with van der Waals surface area (Å²) < 4.78 is 31.5. The number of halogens is 1. The van der Waals surface area contributed by atoms with Crippen molar-refractivity contribution in [2.45, 2.75) is 12.7 Å². The van der Waals surface area contributed by atoms with E-state index in [1.165, 1.54) is 12.1 Å². The van der Waals surface area contributed by atoms with Crippen molar-refractivity contribution in [3.05, 3.63) is 78.5 Å². The number of aromatic amines is 1. The fourth-order valence-corrected chi connectivity index (χ4v) is 3.94. The lowest BCUT2D eigenvalue weighted by molar-refractivity contribution is -0.277. The normalized spacial score (nSPS) is 19.2. The SMILES string of the molecule is CC1COC(C(=O)NCCN)(c2nc(-c3ccc(F)cc3)c(-c3ccnc(Oc4ccccc4)n3)[nH]2)OC1. The number of nitrogens with two attached hydrogens (primary N) is 1. The number of imidazole rings is 1. The number of hydrogen-bond donors (Lipinski definition) is 3. The molecule has 0 bridgehead atoms. The molecule has 0 saturated carbocycles. The average Bonchev–Trinajstić information content (AvgIpc) is 3.39. The van der Waals surface area contributed by atoms with Crippen LogP contribution in [0.3, 0.4) is 0 Å². The number of benzene rings is 2. The summed E-state index contributed by atoms with van der Waals surface area (Å²) in [7, 11) is 0. The third-order valence-electron chi connectivity index (χ3n) is 5.85. The molecule has 0 unspecified atom stereocenters. The number of hydrogen-bond acceptors (Lipinski definition) is 8. The molecule has 0 radical (unpaired) electrons. The number of ether oxygens (including phenoxy) is 3. The van der Waals surface area contributed by atoms with E-state index in [1.54, 1.807) is 36.5 Å². The number of carbonyl (C=O) groups excluding carboxylic acids is 1. The first kappa shape index (κ1) is 25.5. The fraction of sp³-hybridized carbons (Fsp3) is 0.259. The smallest absolute Gasteiger partial charge is 0.322 e. The summed E-state index contributed by atoms with van der Waals surface area (Å²) in [5.41, 5.74) is 7.49. The van der Waals surface area contributed by atoms with Gasteiger partial charge in [-0.25, -0.2) is 14.4 Å². The molecule has 4 N–H and O–H groups in total. The zero-order valence-electron chi connectivity index (χ0n) is 20.7. The predicted octanol–water partition coefficient (Wildman–Crippen LogP) is 3.38. The number of aromatic nitrogens is 4. The van der Waals surface area contributed by atoms with Crippen molar-refractivity contribution in [3.63, 3.8) is 0 Å². The minimum atomic E-state index is -1.83. The van der Waals surface area contributed by atoms with Crippen LogP contribution in [0.2, 0.25) is 0 Å². The summed E-state index contributed by atoms with van der Waals surface area (Å²) in [6.45, 7) is 2.98. The lowest BCUT2D eigenvalue weighted by atomic mass is 10.1. The first-order valence-electron chi connectivity index (χ1n) is 12.2. The summed E-state index contributed by atoms with van der Waals surface area (Å²) in [4.78, 5) is 30.0. The van der Waals surface area contributed by atoms with Crippen LogP contribution in [0, 0.1) is 11.7 Å². The maximum absolute atomic E-state index is 13.7. The maximum atomic E-state index is 13.7. The Hall–Kier alpha value is -4.19. The van der Waals surface area contributed by atoms with E-state index < -0.39 is 17.5 Å². The van der Waals surface area contributed by atoms with Crippen molar-refractivity contribution in [1.82, 2.24) is 25.3 Å². The Morgan fingerprint density at radius 2 is 1.87 bits per heavy atom. The van der Waals surface area contributed by atoms with Gasteiger partial charge in [0.05, 0.1) is 30.3 Å². The number of carbonyl (C=O) groups is 1. The number of nitrogens with one attached hydrogen (secondary N) is 2. The van der Waals surface area contributed by atoms with Gasteiger partial charge in [0, 0.05) is 30.8 Å². The first-order valence-corrected chi connectivity index (χ1v) is 12.2.